The summed E-state index contributed by atoms with van der Waals surface area (Å²) in [7, 11) is 3.19. The fourth-order valence-electron chi connectivity index (χ4n) is 2.06. The molecule has 3 nitrogen and oxygen atoms in total. The van der Waals surface area contributed by atoms with Gasteiger partial charge in [0.15, 0.2) is 11.5 Å². The Bertz CT molecular complexity index is 390. The average molecular weight is 273 g/mol. The van der Waals surface area contributed by atoms with Crippen molar-refractivity contribution in [2.45, 2.75) is 18.9 Å². The first-order valence-electron chi connectivity index (χ1n) is 4.80. The lowest BCUT2D eigenvalue weighted by molar-refractivity contribution is 0.175. The van der Waals surface area contributed by atoms with E-state index in [1.54, 1.807) is 14.2 Å². The molecule has 1 aromatic carbocycles. The lowest BCUT2D eigenvalue weighted by atomic mass is 10.1. The van der Waals surface area contributed by atoms with Gasteiger partial charge in [0.25, 0.3) is 0 Å². The maximum Gasteiger partial charge on any atom is 0.166 e. The Morgan fingerprint density at radius 2 is 2.13 bits per heavy atom. The topological polar surface area (TPSA) is 38.7 Å². The van der Waals surface area contributed by atoms with Crippen molar-refractivity contribution in [1.29, 1.82) is 0 Å². The molecule has 2 rings (SSSR count). The SMILES string of the molecule is COc1cc(Br)c2c(c1OC)C(O)CC2. The van der Waals surface area contributed by atoms with E-state index in [9.17, 15) is 5.11 Å². The maximum absolute atomic E-state index is 9.88. The molecular weight excluding hydrogens is 260 g/mol. The van der Waals surface area contributed by atoms with Gasteiger partial charge in [0.05, 0.1) is 20.3 Å². The van der Waals surface area contributed by atoms with Crippen molar-refractivity contribution in [2.24, 2.45) is 0 Å². The fraction of sp³-hybridized carbons (Fsp3) is 0.455. The summed E-state index contributed by atoms with van der Waals surface area (Å²) in [5, 5.41) is 9.88. The van der Waals surface area contributed by atoms with Crippen LogP contribution in [0.15, 0.2) is 10.5 Å². The predicted molar refractivity (Wildman–Crippen MR) is 60.5 cm³/mol. The van der Waals surface area contributed by atoms with Gasteiger partial charge in [0, 0.05) is 10.0 Å². The molecule has 0 saturated heterocycles. The van der Waals surface area contributed by atoms with Gasteiger partial charge in [-0.3, -0.25) is 0 Å². The molecule has 15 heavy (non-hydrogen) atoms. The van der Waals surface area contributed by atoms with E-state index in [-0.39, 0.29) is 0 Å². The second-order valence-corrected chi connectivity index (χ2v) is 4.39. The minimum atomic E-state index is -0.443. The molecule has 4 heteroatoms. The Balaban J connectivity index is 2.66. The van der Waals surface area contributed by atoms with Crippen molar-refractivity contribution in [3.05, 3.63) is 21.7 Å². The average Bonchev–Trinajstić information content (AvgIpc) is 2.61. The number of rotatable bonds is 2. The van der Waals surface area contributed by atoms with Crippen molar-refractivity contribution in [2.75, 3.05) is 14.2 Å². The number of halogens is 1. The first kappa shape index (κ1) is 10.8. The van der Waals surface area contributed by atoms with Crippen LogP contribution in [0.25, 0.3) is 0 Å². The molecule has 0 fully saturated rings. The second-order valence-electron chi connectivity index (χ2n) is 3.54. The van der Waals surface area contributed by atoms with Crippen molar-refractivity contribution < 1.29 is 14.6 Å². The molecule has 1 unspecified atom stereocenters. The molecule has 0 aromatic heterocycles. The van der Waals surface area contributed by atoms with Crippen molar-refractivity contribution in [3.63, 3.8) is 0 Å². The Kier molecular flexibility index (Phi) is 2.89. The van der Waals surface area contributed by atoms with E-state index in [1.165, 1.54) is 0 Å². The molecule has 1 aliphatic rings. The first-order valence-corrected chi connectivity index (χ1v) is 5.59. The van der Waals surface area contributed by atoms with Crippen LogP contribution in [0.1, 0.15) is 23.7 Å². The molecule has 1 aliphatic carbocycles. The standard InChI is InChI=1S/C11H13BrO3/c1-14-9-5-7(12)6-3-4-8(13)10(6)11(9)15-2/h5,8,13H,3-4H2,1-2H3. The molecule has 0 radical (unpaired) electrons. The highest BCUT2D eigenvalue weighted by Crippen LogP contribution is 2.46. The van der Waals surface area contributed by atoms with Crippen molar-refractivity contribution in [3.8, 4) is 11.5 Å². The summed E-state index contributed by atoms with van der Waals surface area (Å²) >= 11 is 3.48. The lowest BCUT2D eigenvalue weighted by Crippen LogP contribution is -1.99. The summed E-state index contributed by atoms with van der Waals surface area (Å²) in [6.45, 7) is 0. The Labute approximate surface area is 97.1 Å². The van der Waals surface area contributed by atoms with Crippen LogP contribution in [0.4, 0.5) is 0 Å². The Morgan fingerprint density at radius 1 is 1.40 bits per heavy atom. The van der Waals surface area contributed by atoms with Gasteiger partial charge >= 0.3 is 0 Å². The largest absolute Gasteiger partial charge is 0.493 e. The molecular formula is C11H13BrO3. The number of ether oxygens (including phenoxy) is 2. The number of aliphatic hydroxyl groups excluding tert-OH is 1. The Morgan fingerprint density at radius 3 is 2.73 bits per heavy atom. The van der Waals surface area contributed by atoms with Gasteiger partial charge in [-0.2, -0.15) is 0 Å². The molecule has 1 atom stereocenters. The third-order valence-corrected chi connectivity index (χ3v) is 3.47. The normalized spacial score (nSPS) is 18.8. The number of hydrogen-bond donors (Lipinski definition) is 1. The summed E-state index contributed by atoms with van der Waals surface area (Å²) < 4.78 is 11.5. The van der Waals surface area contributed by atoms with Crippen LogP contribution in [0.3, 0.4) is 0 Å². The number of aliphatic hydroxyl groups is 1. The monoisotopic (exact) mass is 272 g/mol. The lowest BCUT2D eigenvalue weighted by Gasteiger charge is -2.15. The van der Waals surface area contributed by atoms with Crippen LogP contribution in [0.2, 0.25) is 0 Å². The highest BCUT2D eigenvalue weighted by atomic mass is 79.9. The summed E-state index contributed by atoms with van der Waals surface area (Å²) in [5.74, 6) is 1.31. The van der Waals surface area contributed by atoms with Crippen LogP contribution < -0.4 is 9.47 Å². The van der Waals surface area contributed by atoms with E-state index >= 15 is 0 Å². The summed E-state index contributed by atoms with van der Waals surface area (Å²) in [5.41, 5.74) is 1.99. The summed E-state index contributed by atoms with van der Waals surface area (Å²) in [6.07, 6.45) is 1.18. The number of hydrogen-bond acceptors (Lipinski definition) is 3. The zero-order valence-electron chi connectivity index (χ0n) is 8.71. The van der Waals surface area contributed by atoms with E-state index in [2.05, 4.69) is 15.9 Å². The van der Waals surface area contributed by atoms with Crippen LogP contribution in [0.5, 0.6) is 11.5 Å². The molecule has 1 N–H and O–H groups in total. The van der Waals surface area contributed by atoms with E-state index < -0.39 is 6.10 Å². The molecule has 0 aliphatic heterocycles. The van der Waals surface area contributed by atoms with Crippen molar-refractivity contribution >= 4 is 15.9 Å². The van der Waals surface area contributed by atoms with Crippen molar-refractivity contribution in [1.82, 2.24) is 0 Å². The Hall–Kier alpha value is -0.740. The third-order valence-electron chi connectivity index (χ3n) is 2.76. The summed E-state index contributed by atoms with van der Waals surface area (Å²) in [4.78, 5) is 0. The van der Waals surface area contributed by atoms with Gasteiger partial charge < -0.3 is 14.6 Å². The minimum Gasteiger partial charge on any atom is -0.493 e. The van der Waals surface area contributed by atoms with Gasteiger partial charge in [0.2, 0.25) is 0 Å². The molecule has 1 aromatic rings. The summed E-state index contributed by atoms with van der Waals surface area (Å²) in [6, 6.07) is 1.88. The molecule has 0 heterocycles. The van der Waals surface area contributed by atoms with E-state index in [4.69, 9.17) is 9.47 Å². The van der Waals surface area contributed by atoms with Gasteiger partial charge in [-0.05, 0) is 24.5 Å². The molecule has 0 saturated carbocycles. The second kappa shape index (κ2) is 4.02. The van der Waals surface area contributed by atoms with Crippen LogP contribution in [0, 0.1) is 0 Å². The molecule has 0 bridgehead atoms. The smallest absolute Gasteiger partial charge is 0.166 e. The highest BCUT2D eigenvalue weighted by molar-refractivity contribution is 9.10. The quantitative estimate of drug-likeness (QED) is 0.899. The van der Waals surface area contributed by atoms with Crippen LogP contribution >= 0.6 is 15.9 Å². The maximum atomic E-state index is 9.88. The van der Waals surface area contributed by atoms with Gasteiger partial charge in [-0.1, -0.05) is 15.9 Å². The predicted octanol–water partition coefficient (Wildman–Crippen LogP) is 2.45. The van der Waals surface area contributed by atoms with Crippen LogP contribution in [-0.2, 0) is 6.42 Å². The number of fused-ring (bicyclic) bond motifs is 1. The minimum absolute atomic E-state index is 0.443. The zero-order chi connectivity index (χ0) is 11.0. The van der Waals surface area contributed by atoms with Crippen LogP contribution in [-0.4, -0.2) is 19.3 Å². The number of methoxy groups -OCH3 is 2. The number of benzene rings is 1. The molecule has 0 spiro atoms. The van der Waals surface area contributed by atoms with E-state index in [1.807, 2.05) is 6.07 Å². The van der Waals surface area contributed by atoms with Gasteiger partial charge in [0.1, 0.15) is 0 Å². The van der Waals surface area contributed by atoms with E-state index in [0.29, 0.717) is 11.5 Å². The third kappa shape index (κ3) is 1.62. The van der Waals surface area contributed by atoms with Gasteiger partial charge in [-0.15, -0.1) is 0 Å². The molecule has 0 amide bonds. The van der Waals surface area contributed by atoms with Gasteiger partial charge in [-0.25, -0.2) is 0 Å². The zero-order valence-corrected chi connectivity index (χ0v) is 10.3. The van der Waals surface area contributed by atoms with E-state index in [0.717, 1.165) is 28.4 Å². The fourth-order valence-corrected chi connectivity index (χ4v) is 2.68. The molecule has 82 valence electrons. The first-order chi connectivity index (χ1) is 7.19. The highest BCUT2D eigenvalue weighted by Gasteiger charge is 2.29.